The Balaban J connectivity index is 1.58. The van der Waals surface area contributed by atoms with Crippen LogP contribution in [-0.2, 0) is 17.8 Å². The average Bonchev–Trinajstić information content (AvgIpc) is 3.16. The van der Waals surface area contributed by atoms with Gasteiger partial charge in [-0.25, -0.2) is 0 Å². The fourth-order valence-corrected chi connectivity index (χ4v) is 3.08. The first-order chi connectivity index (χ1) is 13.1. The fourth-order valence-electron chi connectivity index (χ4n) is 2.67. The summed E-state index contributed by atoms with van der Waals surface area (Å²) in [5.41, 5.74) is 1.80. The first kappa shape index (κ1) is 19.1. The number of ether oxygens (including phenoxy) is 1. The molecule has 1 heterocycles. The molecule has 0 bridgehead atoms. The number of carbonyl (C=O) groups is 1. The molecule has 2 aromatic carbocycles. The molecule has 0 radical (unpaired) electrons. The average molecular weight is 430 g/mol. The van der Waals surface area contributed by atoms with Crippen molar-refractivity contribution in [1.82, 2.24) is 15.1 Å². The number of halogens is 1. The predicted octanol–water partition coefficient (Wildman–Crippen LogP) is 4.10. The Morgan fingerprint density at radius 3 is 2.70 bits per heavy atom. The molecule has 0 N–H and O–H groups in total. The molecule has 0 unspecified atom stereocenters. The van der Waals surface area contributed by atoms with Crippen LogP contribution >= 0.6 is 15.9 Å². The van der Waals surface area contributed by atoms with Crippen molar-refractivity contribution in [3.8, 4) is 17.2 Å². The first-order valence-electron chi connectivity index (χ1n) is 8.51. The van der Waals surface area contributed by atoms with Crippen molar-refractivity contribution in [2.24, 2.45) is 0 Å². The molecule has 3 rings (SSSR count). The van der Waals surface area contributed by atoms with Crippen LogP contribution in [-0.4, -0.2) is 35.2 Å². The van der Waals surface area contributed by atoms with Gasteiger partial charge in [0, 0.05) is 42.0 Å². The Morgan fingerprint density at radius 2 is 1.96 bits per heavy atom. The van der Waals surface area contributed by atoms with Crippen LogP contribution in [0.3, 0.4) is 0 Å². The van der Waals surface area contributed by atoms with E-state index in [4.69, 9.17) is 9.15 Å². The minimum absolute atomic E-state index is 0.00325. The maximum atomic E-state index is 12.5. The third kappa shape index (κ3) is 4.95. The molecule has 140 valence electrons. The molecule has 7 heteroatoms. The van der Waals surface area contributed by atoms with E-state index in [2.05, 4.69) is 26.1 Å². The largest absolute Gasteiger partial charge is 0.496 e. The van der Waals surface area contributed by atoms with Crippen molar-refractivity contribution in [3.05, 3.63) is 64.5 Å². The third-order valence-electron chi connectivity index (χ3n) is 4.12. The Morgan fingerprint density at radius 1 is 1.19 bits per heavy atom. The predicted molar refractivity (Wildman–Crippen MR) is 105 cm³/mol. The van der Waals surface area contributed by atoms with E-state index < -0.39 is 0 Å². The van der Waals surface area contributed by atoms with Crippen LogP contribution in [0.4, 0.5) is 0 Å². The maximum Gasteiger partial charge on any atom is 0.247 e. The van der Waals surface area contributed by atoms with Gasteiger partial charge in [-0.3, -0.25) is 4.79 Å². The van der Waals surface area contributed by atoms with E-state index in [0.717, 1.165) is 21.3 Å². The van der Waals surface area contributed by atoms with Crippen LogP contribution in [0, 0.1) is 0 Å². The summed E-state index contributed by atoms with van der Waals surface area (Å²) >= 11 is 3.45. The van der Waals surface area contributed by atoms with Crippen LogP contribution < -0.4 is 4.74 Å². The van der Waals surface area contributed by atoms with Crippen molar-refractivity contribution >= 4 is 21.8 Å². The summed E-state index contributed by atoms with van der Waals surface area (Å²) in [5.74, 6) is 1.67. The summed E-state index contributed by atoms with van der Waals surface area (Å²) in [6, 6.07) is 15.3. The summed E-state index contributed by atoms with van der Waals surface area (Å²) in [6.07, 6.45) is 0.696. The molecule has 0 saturated heterocycles. The lowest BCUT2D eigenvalue weighted by Crippen LogP contribution is -2.26. The lowest BCUT2D eigenvalue weighted by Gasteiger charge is -2.19. The number of aromatic nitrogens is 2. The molecule has 0 aliphatic rings. The molecule has 6 nitrogen and oxygen atoms in total. The second kappa shape index (κ2) is 8.81. The third-order valence-corrected chi connectivity index (χ3v) is 4.61. The van der Waals surface area contributed by atoms with Crippen LogP contribution in [0.1, 0.15) is 17.9 Å². The molecule has 0 fully saturated rings. The van der Waals surface area contributed by atoms with Crippen molar-refractivity contribution in [1.29, 1.82) is 0 Å². The molecule has 27 heavy (non-hydrogen) atoms. The Bertz CT molecular complexity index is 912. The Labute approximate surface area is 166 Å². The number of hydrogen-bond acceptors (Lipinski definition) is 5. The highest BCUT2D eigenvalue weighted by Gasteiger charge is 2.15. The number of nitrogens with zero attached hydrogens (tertiary/aromatic N) is 3. The Hall–Kier alpha value is -2.67. The number of rotatable bonds is 7. The normalized spacial score (nSPS) is 10.6. The second-order valence-corrected chi connectivity index (χ2v) is 6.99. The number of aryl methyl sites for hydroxylation is 1. The van der Waals surface area contributed by atoms with E-state index in [1.54, 1.807) is 19.1 Å². The summed E-state index contributed by atoms with van der Waals surface area (Å²) < 4.78 is 12.0. The topological polar surface area (TPSA) is 68.5 Å². The zero-order valence-corrected chi connectivity index (χ0v) is 16.8. The highest BCUT2D eigenvalue weighted by atomic mass is 79.9. The molecule has 3 aromatic rings. The van der Waals surface area contributed by atoms with Gasteiger partial charge in [0.1, 0.15) is 5.75 Å². The number of hydrogen-bond donors (Lipinski definition) is 0. The molecular formula is C20H20BrN3O3. The lowest BCUT2D eigenvalue weighted by atomic mass is 10.2. The van der Waals surface area contributed by atoms with E-state index in [1.807, 2.05) is 48.5 Å². The molecule has 0 aliphatic carbocycles. The molecule has 0 atom stereocenters. The quantitative estimate of drug-likeness (QED) is 0.565. The molecular weight excluding hydrogens is 410 g/mol. The zero-order chi connectivity index (χ0) is 19.2. The molecule has 0 saturated carbocycles. The van der Waals surface area contributed by atoms with E-state index in [1.165, 1.54) is 0 Å². The highest BCUT2D eigenvalue weighted by Crippen LogP contribution is 2.24. The van der Waals surface area contributed by atoms with Crippen LogP contribution in [0.2, 0.25) is 0 Å². The first-order valence-corrected chi connectivity index (χ1v) is 9.30. The number of amides is 1. The second-order valence-electron chi connectivity index (χ2n) is 6.07. The standard InChI is InChI=1S/C20H20BrN3O3/c1-24(13-15-12-16(21)8-9-17(15)26-2)19(25)11-10-18-22-23-20(27-18)14-6-4-3-5-7-14/h3-9,12H,10-11,13H2,1-2H3. The van der Waals surface area contributed by atoms with Crippen molar-refractivity contribution in [2.75, 3.05) is 14.2 Å². The van der Waals surface area contributed by atoms with Gasteiger partial charge < -0.3 is 14.1 Å². The molecule has 1 amide bonds. The summed E-state index contributed by atoms with van der Waals surface area (Å²) in [5, 5.41) is 8.08. The van der Waals surface area contributed by atoms with Gasteiger partial charge in [-0.05, 0) is 30.3 Å². The van der Waals surface area contributed by atoms with Gasteiger partial charge in [-0.1, -0.05) is 34.1 Å². The SMILES string of the molecule is COc1ccc(Br)cc1CN(C)C(=O)CCc1nnc(-c2ccccc2)o1. The van der Waals surface area contributed by atoms with Gasteiger partial charge in [0.2, 0.25) is 17.7 Å². The fraction of sp³-hybridized carbons (Fsp3) is 0.250. The monoisotopic (exact) mass is 429 g/mol. The minimum atomic E-state index is -0.00325. The van der Waals surface area contributed by atoms with Gasteiger partial charge in [0.25, 0.3) is 0 Å². The van der Waals surface area contributed by atoms with E-state index in [9.17, 15) is 4.79 Å². The van der Waals surface area contributed by atoms with Crippen LogP contribution in [0.5, 0.6) is 5.75 Å². The van der Waals surface area contributed by atoms with Gasteiger partial charge in [0.05, 0.1) is 7.11 Å². The van der Waals surface area contributed by atoms with Crippen molar-refractivity contribution in [2.45, 2.75) is 19.4 Å². The Kier molecular flexibility index (Phi) is 6.24. The number of methoxy groups -OCH3 is 1. The van der Waals surface area contributed by atoms with E-state index in [0.29, 0.717) is 31.2 Å². The zero-order valence-electron chi connectivity index (χ0n) is 15.2. The van der Waals surface area contributed by atoms with E-state index in [-0.39, 0.29) is 5.91 Å². The summed E-state index contributed by atoms with van der Waals surface area (Å²) in [6.45, 7) is 0.459. The summed E-state index contributed by atoms with van der Waals surface area (Å²) in [7, 11) is 3.39. The minimum Gasteiger partial charge on any atom is -0.496 e. The van der Waals surface area contributed by atoms with Gasteiger partial charge in [0.15, 0.2) is 0 Å². The number of carbonyl (C=O) groups excluding carboxylic acids is 1. The van der Waals surface area contributed by atoms with E-state index >= 15 is 0 Å². The summed E-state index contributed by atoms with van der Waals surface area (Å²) in [4.78, 5) is 14.1. The number of benzene rings is 2. The van der Waals surface area contributed by atoms with Crippen molar-refractivity contribution < 1.29 is 13.9 Å². The lowest BCUT2D eigenvalue weighted by molar-refractivity contribution is -0.130. The van der Waals surface area contributed by atoms with Crippen LogP contribution in [0.15, 0.2) is 57.4 Å². The van der Waals surface area contributed by atoms with Gasteiger partial charge in [-0.2, -0.15) is 0 Å². The molecule has 0 spiro atoms. The van der Waals surface area contributed by atoms with Gasteiger partial charge in [-0.15, -0.1) is 10.2 Å². The smallest absolute Gasteiger partial charge is 0.247 e. The van der Waals surface area contributed by atoms with Crippen molar-refractivity contribution in [3.63, 3.8) is 0 Å². The molecule has 0 aliphatic heterocycles. The molecule has 1 aromatic heterocycles. The van der Waals surface area contributed by atoms with Crippen LogP contribution in [0.25, 0.3) is 11.5 Å². The van der Waals surface area contributed by atoms with Gasteiger partial charge >= 0.3 is 0 Å². The maximum absolute atomic E-state index is 12.5. The highest BCUT2D eigenvalue weighted by molar-refractivity contribution is 9.10.